The fourth-order valence-corrected chi connectivity index (χ4v) is 3.43. The summed E-state index contributed by atoms with van der Waals surface area (Å²) >= 11 is 7.91. The van der Waals surface area contributed by atoms with Crippen LogP contribution in [0, 0.1) is 10.1 Å². The maximum atomic E-state index is 12.0. The van der Waals surface area contributed by atoms with Crippen LogP contribution in [-0.2, 0) is 11.2 Å². The molecule has 0 atom stereocenters. The molecule has 0 aromatic heterocycles. The van der Waals surface area contributed by atoms with Gasteiger partial charge in [-0.2, -0.15) is 11.8 Å². The van der Waals surface area contributed by atoms with Gasteiger partial charge in [0.05, 0.1) is 9.95 Å². The van der Waals surface area contributed by atoms with E-state index in [0.29, 0.717) is 24.3 Å². The Morgan fingerprint density at radius 2 is 2.10 bits per heavy atom. The molecular weight excluding hydrogens is 312 g/mol. The van der Waals surface area contributed by atoms with E-state index in [1.807, 2.05) is 16.7 Å². The lowest BCUT2D eigenvalue weighted by Crippen LogP contribution is -2.37. The van der Waals surface area contributed by atoms with Gasteiger partial charge in [-0.15, -0.1) is 0 Å². The zero-order chi connectivity index (χ0) is 15.2. The number of nitro benzene ring substituents is 1. The fraction of sp³-hybridized carbons (Fsp3) is 0.500. The van der Waals surface area contributed by atoms with Crippen molar-refractivity contribution in [2.24, 2.45) is 0 Å². The highest BCUT2D eigenvalue weighted by atomic mass is 35.5. The molecule has 7 heteroatoms. The van der Waals surface area contributed by atoms with Gasteiger partial charge in [-0.3, -0.25) is 14.9 Å². The van der Waals surface area contributed by atoms with Crippen molar-refractivity contribution in [1.82, 2.24) is 4.90 Å². The van der Waals surface area contributed by atoms with Crippen LogP contribution in [0.4, 0.5) is 5.69 Å². The molecule has 1 amide bonds. The Kier molecular flexibility index (Phi) is 5.87. The largest absolute Gasteiger partial charge is 0.341 e. The first kappa shape index (κ1) is 16.1. The Morgan fingerprint density at radius 3 is 2.71 bits per heavy atom. The summed E-state index contributed by atoms with van der Waals surface area (Å²) in [5, 5.41) is 11.0. The minimum absolute atomic E-state index is 0.00866. The van der Waals surface area contributed by atoms with Crippen molar-refractivity contribution in [2.45, 2.75) is 19.3 Å². The van der Waals surface area contributed by atoms with Gasteiger partial charge in [0.15, 0.2) is 0 Å². The van der Waals surface area contributed by atoms with E-state index in [1.165, 1.54) is 12.1 Å². The molecule has 1 aliphatic rings. The summed E-state index contributed by atoms with van der Waals surface area (Å²) in [5.74, 6) is 2.22. The summed E-state index contributed by atoms with van der Waals surface area (Å²) < 4.78 is 0. The van der Waals surface area contributed by atoms with Crippen molar-refractivity contribution in [2.75, 3.05) is 24.6 Å². The number of hydrogen-bond acceptors (Lipinski definition) is 4. The number of benzene rings is 1. The van der Waals surface area contributed by atoms with Crippen molar-refractivity contribution < 1.29 is 9.72 Å². The summed E-state index contributed by atoms with van der Waals surface area (Å²) in [6.45, 7) is 1.67. The lowest BCUT2D eigenvalue weighted by atomic mass is 10.1. The van der Waals surface area contributed by atoms with Crippen LogP contribution in [0.1, 0.15) is 18.4 Å². The zero-order valence-electron chi connectivity index (χ0n) is 11.6. The minimum atomic E-state index is -0.465. The van der Waals surface area contributed by atoms with Crippen LogP contribution in [0.3, 0.4) is 0 Å². The van der Waals surface area contributed by atoms with Crippen LogP contribution in [0.15, 0.2) is 18.2 Å². The molecule has 1 fully saturated rings. The average molecular weight is 329 g/mol. The van der Waals surface area contributed by atoms with Crippen LogP contribution >= 0.6 is 23.4 Å². The summed E-state index contributed by atoms with van der Waals surface area (Å²) in [5.41, 5.74) is 0.843. The first-order valence-electron chi connectivity index (χ1n) is 6.86. The van der Waals surface area contributed by atoms with E-state index < -0.39 is 4.92 Å². The number of amides is 1. The van der Waals surface area contributed by atoms with E-state index in [1.54, 1.807) is 6.07 Å². The molecule has 0 bridgehead atoms. The molecule has 114 valence electrons. The monoisotopic (exact) mass is 328 g/mol. The first-order valence-corrected chi connectivity index (χ1v) is 8.39. The molecule has 0 radical (unpaired) electrons. The highest BCUT2D eigenvalue weighted by Gasteiger charge is 2.16. The van der Waals surface area contributed by atoms with Crippen LogP contribution in [0.5, 0.6) is 0 Å². The Hall–Kier alpha value is -1.27. The summed E-state index contributed by atoms with van der Waals surface area (Å²) in [6, 6.07) is 4.48. The predicted octanol–water partition coefficient (Wildman–Crippen LogP) is 3.15. The summed E-state index contributed by atoms with van der Waals surface area (Å²) in [7, 11) is 0. The number of halogens is 1. The van der Waals surface area contributed by atoms with E-state index in [2.05, 4.69) is 0 Å². The maximum absolute atomic E-state index is 12.0. The third-order valence-electron chi connectivity index (χ3n) is 3.45. The molecule has 0 saturated carbocycles. The quantitative estimate of drug-likeness (QED) is 0.615. The van der Waals surface area contributed by atoms with Crippen LogP contribution < -0.4 is 0 Å². The lowest BCUT2D eigenvalue weighted by Gasteiger charge is -2.26. The average Bonchev–Trinajstić information content (AvgIpc) is 2.49. The molecule has 1 aromatic rings. The third kappa shape index (κ3) is 4.61. The highest BCUT2D eigenvalue weighted by Crippen LogP contribution is 2.24. The molecule has 1 heterocycles. The SMILES string of the molecule is O=C(CCCc1ccc([N+](=O)[O-])cc1Cl)N1CCSCC1. The van der Waals surface area contributed by atoms with E-state index in [4.69, 9.17) is 11.6 Å². The number of non-ortho nitro benzene ring substituents is 1. The highest BCUT2D eigenvalue weighted by molar-refractivity contribution is 7.99. The molecular formula is C14H17ClN2O3S. The number of hydrogen-bond donors (Lipinski definition) is 0. The predicted molar refractivity (Wildman–Crippen MR) is 84.9 cm³/mol. The van der Waals surface area contributed by atoms with Gasteiger partial charge in [-0.1, -0.05) is 17.7 Å². The second-order valence-corrected chi connectivity index (χ2v) is 6.51. The van der Waals surface area contributed by atoms with Crippen molar-refractivity contribution in [3.63, 3.8) is 0 Å². The van der Waals surface area contributed by atoms with E-state index >= 15 is 0 Å². The standard InChI is InChI=1S/C14H17ClN2O3S/c15-13-10-12(17(19)20)5-4-11(13)2-1-3-14(18)16-6-8-21-9-7-16/h4-5,10H,1-3,6-9H2. The number of carbonyl (C=O) groups is 1. The zero-order valence-corrected chi connectivity index (χ0v) is 13.2. The summed E-state index contributed by atoms with van der Waals surface area (Å²) in [4.78, 5) is 24.1. The number of nitrogens with zero attached hydrogens (tertiary/aromatic N) is 2. The molecule has 5 nitrogen and oxygen atoms in total. The van der Waals surface area contributed by atoms with Gasteiger partial charge < -0.3 is 4.90 Å². The maximum Gasteiger partial charge on any atom is 0.270 e. The lowest BCUT2D eigenvalue weighted by molar-refractivity contribution is -0.384. The van der Waals surface area contributed by atoms with Crippen molar-refractivity contribution in [3.05, 3.63) is 38.9 Å². The topological polar surface area (TPSA) is 63.4 Å². The summed E-state index contributed by atoms with van der Waals surface area (Å²) in [6.07, 6.45) is 1.86. The number of rotatable bonds is 5. The van der Waals surface area contributed by atoms with Gasteiger partial charge >= 0.3 is 0 Å². The van der Waals surface area contributed by atoms with Gasteiger partial charge in [0.25, 0.3) is 5.69 Å². The molecule has 2 rings (SSSR count). The third-order valence-corrected chi connectivity index (χ3v) is 4.74. The Morgan fingerprint density at radius 1 is 1.38 bits per heavy atom. The van der Waals surface area contributed by atoms with Crippen molar-refractivity contribution >= 4 is 35.0 Å². The second kappa shape index (κ2) is 7.66. The molecule has 1 saturated heterocycles. The molecule has 0 spiro atoms. The first-order chi connectivity index (χ1) is 10.1. The van der Waals surface area contributed by atoms with Gasteiger partial charge in [0, 0.05) is 43.1 Å². The number of thioether (sulfide) groups is 1. The molecule has 0 N–H and O–H groups in total. The van der Waals surface area contributed by atoms with Crippen LogP contribution in [0.2, 0.25) is 5.02 Å². The molecule has 0 aliphatic carbocycles. The molecule has 0 unspecified atom stereocenters. The number of aryl methyl sites for hydroxylation is 1. The number of carbonyl (C=O) groups excluding carboxylic acids is 1. The van der Waals surface area contributed by atoms with Crippen molar-refractivity contribution in [3.8, 4) is 0 Å². The molecule has 21 heavy (non-hydrogen) atoms. The minimum Gasteiger partial charge on any atom is -0.341 e. The van der Waals surface area contributed by atoms with Crippen molar-refractivity contribution in [1.29, 1.82) is 0 Å². The Balaban J connectivity index is 1.83. The van der Waals surface area contributed by atoms with E-state index in [-0.39, 0.29) is 11.6 Å². The van der Waals surface area contributed by atoms with Gasteiger partial charge in [-0.05, 0) is 18.4 Å². The Labute approximate surface area is 132 Å². The normalized spacial score (nSPS) is 15.0. The smallest absolute Gasteiger partial charge is 0.270 e. The van der Waals surface area contributed by atoms with Crippen LogP contribution in [0.25, 0.3) is 0 Å². The fourth-order valence-electron chi connectivity index (χ4n) is 2.25. The van der Waals surface area contributed by atoms with Gasteiger partial charge in [0.1, 0.15) is 0 Å². The Bertz CT molecular complexity index is 533. The van der Waals surface area contributed by atoms with Gasteiger partial charge in [-0.25, -0.2) is 0 Å². The van der Waals surface area contributed by atoms with E-state index in [9.17, 15) is 14.9 Å². The van der Waals surface area contributed by atoms with Crippen LogP contribution in [-0.4, -0.2) is 40.3 Å². The van der Waals surface area contributed by atoms with Gasteiger partial charge in [0.2, 0.25) is 5.91 Å². The molecule has 1 aromatic carbocycles. The second-order valence-electron chi connectivity index (χ2n) is 4.88. The van der Waals surface area contributed by atoms with E-state index in [0.717, 1.165) is 30.2 Å². The number of nitro groups is 1. The molecule has 1 aliphatic heterocycles.